The van der Waals surface area contributed by atoms with Crippen molar-refractivity contribution in [3.63, 3.8) is 0 Å². The minimum atomic E-state index is 0.461. The summed E-state index contributed by atoms with van der Waals surface area (Å²) in [6.07, 6.45) is 1.02. The van der Waals surface area contributed by atoms with E-state index in [1.807, 2.05) is 13.0 Å². The zero-order chi connectivity index (χ0) is 15.1. The Morgan fingerprint density at radius 1 is 1.00 bits per heavy atom. The molecule has 0 fully saturated rings. The molecule has 2 aromatic rings. The normalized spacial score (nSPS) is 12.1. The minimum Gasteiger partial charge on any atom is -0.494 e. The lowest BCUT2D eigenvalue weighted by Crippen LogP contribution is -2.00. The van der Waals surface area contributed by atoms with Crippen LogP contribution in [-0.2, 0) is 17.8 Å². The van der Waals surface area contributed by atoms with Crippen molar-refractivity contribution in [3.8, 4) is 5.75 Å². The molecule has 0 spiro atoms. The van der Waals surface area contributed by atoms with Crippen molar-refractivity contribution in [2.75, 3.05) is 13.7 Å². The fourth-order valence-corrected chi connectivity index (χ4v) is 2.56. The number of hydrogen-bond donors (Lipinski definition) is 0. The first kappa shape index (κ1) is 15.6. The number of ether oxygens (including phenoxy) is 2. The van der Waals surface area contributed by atoms with Gasteiger partial charge in [0.1, 0.15) is 5.75 Å². The van der Waals surface area contributed by atoms with Gasteiger partial charge in [-0.15, -0.1) is 0 Å². The third-order valence-corrected chi connectivity index (χ3v) is 3.58. The molecule has 2 nitrogen and oxygen atoms in total. The summed E-state index contributed by atoms with van der Waals surface area (Å²) in [5.74, 6) is 1.41. The van der Waals surface area contributed by atoms with Gasteiger partial charge in [0.2, 0.25) is 0 Å². The summed E-state index contributed by atoms with van der Waals surface area (Å²) in [6, 6.07) is 17.0. The van der Waals surface area contributed by atoms with E-state index in [1.54, 1.807) is 7.11 Å². The average molecular weight is 284 g/mol. The van der Waals surface area contributed by atoms with E-state index in [0.29, 0.717) is 19.1 Å². The van der Waals surface area contributed by atoms with E-state index in [4.69, 9.17) is 9.47 Å². The van der Waals surface area contributed by atoms with Crippen LogP contribution in [0.4, 0.5) is 0 Å². The number of rotatable bonds is 7. The summed E-state index contributed by atoms with van der Waals surface area (Å²) in [5, 5.41) is 0. The monoisotopic (exact) mass is 284 g/mol. The van der Waals surface area contributed by atoms with Gasteiger partial charge in [-0.2, -0.15) is 0 Å². The van der Waals surface area contributed by atoms with Gasteiger partial charge < -0.3 is 9.47 Å². The molecule has 0 aliphatic rings. The smallest absolute Gasteiger partial charge is 0.119 e. The van der Waals surface area contributed by atoms with Crippen LogP contribution in [0.15, 0.2) is 48.5 Å². The summed E-state index contributed by atoms with van der Waals surface area (Å²) in [4.78, 5) is 0. The molecular formula is C19H24O2. The first-order valence-electron chi connectivity index (χ1n) is 7.52. The molecule has 1 atom stereocenters. The van der Waals surface area contributed by atoms with Gasteiger partial charge in [-0.05, 0) is 48.1 Å². The second kappa shape index (κ2) is 7.84. The van der Waals surface area contributed by atoms with Crippen molar-refractivity contribution in [1.29, 1.82) is 0 Å². The van der Waals surface area contributed by atoms with Crippen molar-refractivity contribution in [1.82, 2.24) is 0 Å². The Hall–Kier alpha value is -1.80. The molecule has 0 saturated carbocycles. The van der Waals surface area contributed by atoms with E-state index in [0.717, 1.165) is 12.2 Å². The molecule has 0 radical (unpaired) electrons. The van der Waals surface area contributed by atoms with Gasteiger partial charge in [-0.25, -0.2) is 0 Å². The standard InChI is InChI=1S/C19H24O2/c1-4-21-19-10-6-9-18(13-19)15(2)11-16-7-5-8-17(12-16)14-20-3/h5-10,12-13,15H,4,11,14H2,1-3H3. The van der Waals surface area contributed by atoms with Crippen LogP contribution in [0, 0.1) is 0 Å². The van der Waals surface area contributed by atoms with Crippen LogP contribution in [0.25, 0.3) is 0 Å². The predicted molar refractivity (Wildman–Crippen MR) is 86.9 cm³/mol. The highest BCUT2D eigenvalue weighted by molar-refractivity contribution is 5.32. The molecule has 0 saturated heterocycles. The Morgan fingerprint density at radius 2 is 1.76 bits per heavy atom. The van der Waals surface area contributed by atoms with Crippen LogP contribution >= 0.6 is 0 Å². The predicted octanol–water partition coefficient (Wildman–Crippen LogP) is 4.58. The Morgan fingerprint density at radius 3 is 2.52 bits per heavy atom. The zero-order valence-corrected chi connectivity index (χ0v) is 13.1. The van der Waals surface area contributed by atoms with Crippen LogP contribution in [0.1, 0.15) is 36.5 Å². The second-order valence-corrected chi connectivity index (χ2v) is 5.36. The molecule has 0 aliphatic heterocycles. The first-order valence-corrected chi connectivity index (χ1v) is 7.52. The van der Waals surface area contributed by atoms with Crippen molar-refractivity contribution in [2.45, 2.75) is 32.8 Å². The highest BCUT2D eigenvalue weighted by atomic mass is 16.5. The minimum absolute atomic E-state index is 0.461. The molecule has 21 heavy (non-hydrogen) atoms. The molecule has 0 amide bonds. The summed E-state index contributed by atoms with van der Waals surface area (Å²) in [7, 11) is 1.73. The van der Waals surface area contributed by atoms with Gasteiger partial charge in [0.25, 0.3) is 0 Å². The molecule has 0 bridgehead atoms. The van der Waals surface area contributed by atoms with E-state index in [-0.39, 0.29) is 0 Å². The molecule has 1 unspecified atom stereocenters. The third-order valence-electron chi connectivity index (χ3n) is 3.58. The summed E-state index contributed by atoms with van der Waals surface area (Å²) >= 11 is 0. The molecule has 0 heterocycles. The first-order chi connectivity index (χ1) is 10.2. The van der Waals surface area contributed by atoms with E-state index in [2.05, 4.69) is 49.4 Å². The molecular weight excluding hydrogens is 260 g/mol. The summed E-state index contributed by atoms with van der Waals surface area (Å²) in [5.41, 5.74) is 3.89. The van der Waals surface area contributed by atoms with Crippen molar-refractivity contribution >= 4 is 0 Å². The fraction of sp³-hybridized carbons (Fsp3) is 0.368. The molecule has 2 aromatic carbocycles. The highest BCUT2D eigenvalue weighted by Crippen LogP contribution is 2.24. The van der Waals surface area contributed by atoms with E-state index in [9.17, 15) is 0 Å². The molecule has 2 rings (SSSR count). The molecule has 2 heteroatoms. The largest absolute Gasteiger partial charge is 0.494 e. The van der Waals surface area contributed by atoms with Gasteiger partial charge in [0, 0.05) is 7.11 Å². The molecule has 112 valence electrons. The Labute approximate surface area is 127 Å². The quantitative estimate of drug-likeness (QED) is 0.741. The van der Waals surface area contributed by atoms with Gasteiger partial charge in [-0.3, -0.25) is 0 Å². The van der Waals surface area contributed by atoms with Crippen LogP contribution in [0.3, 0.4) is 0 Å². The van der Waals surface area contributed by atoms with Crippen molar-refractivity contribution in [2.24, 2.45) is 0 Å². The SMILES string of the molecule is CCOc1cccc(C(C)Cc2cccc(COC)c2)c1. The molecule has 0 aliphatic carbocycles. The van der Waals surface area contributed by atoms with E-state index < -0.39 is 0 Å². The fourth-order valence-electron chi connectivity index (χ4n) is 2.56. The van der Waals surface area contributed by atoms with E-state index in [1.165, 1.54) is 16.7 Å². The van der Waals surface area contributed by atoms with Crippen molar-refractivity contribution in [3.05, 3.63) is 65.2 Å². The third kappa shape index (κ3) is 4.61. The number of benzene rings is 2. The number of hydrogen-bond acceptors (Lipinski definition) is 2. The maximum Gasteiger partial charge on any atom is 0.119 e. The Balaban J connectivity index is 2.08. The topological polar surface area (TPSA) is 18.5 Å². The van der Waals surface area contributed by atoms with Gasteiger partial charge >= 0.3 is 0 Å². The van der Waals surface area contributed by atoms with Crippen LogP contribution in [-0.4, -0.2) is 13.7 Å². The molecule has 0 aromatic heterocycles. The number of methoxy groups -OCH3 is 1. The van der Waals surface area contributed by atoms with Gasteiger partial charge in [0.05, 0.1) is 13.2 Å². The lowest BCUT2D eigenvalue weighted by molar-refractivity contribution is 0.185. The second-order valence-electron chi connectivity index (χ2n) is 5.36. The maximum absolute atomic E-state index is 5.58. The summed E-state index contributed by atoms with van der Waals surface area (Å²) in [6.45, 7) is 5.64. The lowest BCUT2D eigenvalue weighted by atomic mass is 9.93. The highest BCUT2D eigenvalue weighted by Gasteiger charge is 2.08. The van der Waals surface area contributed by atoms with Gasteiger partial charge in [0.15, 0.2) is 0 Å². The summed E-state index contributed by atoms with van der Waals surface area (Å²) < 4.78 is 10.8. The zero-order valence-electron chi connectivity index (χ0n) is 13.1. The Bertz CT molecular complexity index is 563. The average Bonchev–Trinajstić information content (AvgIpc) is 2.48. The maximum atomic E-state index is 5.58. The molecule has 0 N–H and O–H groups in total. The van der Waals surface area contributed by atoms with Gasteiger partial charge in [-0.1, -0.05) is 43.3 Å². The Kier molecular flexibility index (Phi) is 5.82. The van der Waals surface area contributed by atoms with Crippen molar-refractivity contribution < 1.29 is 9.47 Å². The van der Waals surface area contributed by atoms with Crippen LogP contribution in [0.5, 0.6) is 5.75 Å². The lowest BCUT2D eigenvalue weighted by Gasteiger charge is -2.14. The van der Waals surface area contributed by atoms with Crippen LogP contribution in [0.2, 0.25) is 0 Å². The van der Waals surface area contributed by atoms with E-state index >= 15 is 0 Å². The van der Waals surface area contributed by atoms with Crippen LogP contribution < -0.4 is 4.74 Å².